The number of halogens is 3. The van der Waals surface area contributed by atoms with Gasteiger partial charge in [0.2, 0.25) is 0 Å². The van der Waals surface area contributed by atoms with Gasteiger partial charge in [-0.1, -0.05) is 11.1 Å². The molecule has 0 saturated carbocycles. The first-order chi connectivity index (χ1) is 17.6. The van der Waals surface area contributed by atoms with Crippen LogP contribution in [0.4, 0.5) is 18.9 Å². The third-order valence-corrected chi connectivity index (χ3v) is 7.38. The van der Waals surface area contributed by atoms with E-state index in [9.17, 15) is 13.2 Å². The first-order valence-corrected chi connectivity index (χ1v) is 12.9. The highest BCUT2D eigenvalue weighted by atomic mass is 19.4. The molecule has 1 saturated heterocycles. The van der Waals surface area contributed by atoms with E-state index >= 15 is 0 Å². The molecule has 2 aromatic carbocycles. The van der Waals surface area contributed by atoms with Gasteiger partial charge in [0.25, 0.3) is 0 Å². The van der Waals surface area contributed by atoms with Crippen molar-refractivity contribution in [1.29, 1.82) is 0 Å². The van der Waals surface area contributed by atoms with Crippen molar-refractivity contribution in [2.45, 2.75) is 59.1 Å². The Hall–Kier alpha value is -3.15. The number of ether oxygens (including phenoxy) is 2. The van der Waals surface area contributed by atoms with E-state index in [4.69, 9.17) is 9.47 Å². The van der Waals surface area contributed by atoms with Crippen molar-refractivity contribution in [3.05, 3.63) is 75.9 Å². The first-order valence-electron chi connectivity index (χ1n) is 12.9. The normalized spacial score (nSPS) is 16.4. The number of methoxy groups -OCH3 is 2. The van der Waals surface area contributed by atoms with E-state index in [1.165, 1.54) is 17.2 Å². The topological polar surface area (TPSA) is 21.7 Å². The summed E-state index contributed by atoms with van der Waals surface area (Å²) in [5.74, 6) is 1.28. The van der Waals surface area contributed by atoms with Gasteiger partial charge in [0.1, 0.15) is 11.5 Å². The Morgan fingerprint density at radius 3 is 2.05 bits per heavy atom. The zero-order chi connectivity index (χ0) is 26.7. The minimum absolute atomic E-state index is 0.223. The number of rotatable bonds is 7. The molecule has 1 fully saturated rings. The van der Waals surface area contributed by atoms with Crippen molar-refractivity contribution in [3.63, 3.8) is 0 Å². The number of nitrogens with zero attached hydrogens (tertiary/aromatic N) is 1. The maximum atomic E-state index is 14.3. The number of allylic oxidation sites excluding steroid dienone is 6. The van der Waals surface area contributed by atoms with Crippen LogP contribution in [-0.4, -0.2) is 27.3 Å². The Bertz CT molecular complexity index is 1220. The monoisotopic (exact) mass is 511 g/mol. The summed E-state index contributed by atoms with van der Waals surface area (Å²) in [7, 11) is 3.20. The number of hydrogen-bond acceptors (Lipinski definition) is 3. The molecule has 1 aliphatic carbocycles. The van der Waals surface area contributed by atoms with Crippen LogP contribution in [0.3, 0.4) is 0 Å². The molecule has 0 unspecified atom stereocenters. The van der Waals surface area contributed by atoms with Gasteiger partial charge in [-0.3, -0.25) is 0 Å². The van der Waals surface area contributed by atoms with Crippen LogP contribution in [0, 0.1) is 0 Å². The zero-order valence-corrected chi connectivity index (χ0v) is 22.4. The van der Waals surface area contributed by atoms with Gasteiger partial charge in [0.15, 0.2) is 0 Å². The molecule has 3 nitrogen and oxygen atoms in total. The second-order valence-electron chi connectivity index (χ2n) is 10.1. The summed E-state index contributed by atoms with van der Waals surface area (Å²) < 4.78 is 53.9. The average Bonchev–Trinajstić information content (AvgIpc) is 3.55. The lowest BCUT2D eigenvalue weighted by Crippen LogP contribution is -2.18. The van der Waals surface area contributed by atoms with Crippen LogP contribution in [0.1, 0.15) is 69.6 Å². The molecule has 0 N–H and O–H groups in total. The highest BCUT2D eigenvalue weighted by Gasteiger charge is 2.35. The molecule has 2 aromatic rings. The van der Waals surface area contributed by atoms with E-state index in [-0.39, 0.29) is 5.56 Å². The minimum atomic E-state index is -4.46. The Labute approximate surface area is 218 Å². The molecule has 0 radical (unpaired) electrons. The maximum absolute atomic E-state index is 14.3. The molecule has 2 aliphatic rings. The van der Waals surface area contributed by atoms with Crippen LogP contribution in [0.5, 0.6) is 11.5 Å². The van der Waals surface area contributed by atoms with Crippen molar-refractivity contribution in [2.75, 3.05) is 32.2 Å². The number of hydrogen-bond donors (Lipinski definition) is 0. The van der Waals surface area contributed by atoms with Crippen molar-refractivity contribution < 1.29 is 22.6 Å². The predicted molar refractivity (Wildman–Crippen MR) is 145 cm³/mol. The molecule has 0 bridgehead atoms. The fraction of sp³-hybridized carbons (Fsp3) is 0.419. The smallest absolute Gasteiger partial charge is 0.417 e. The van der Waals surface area contributed by atoms with Crippen molar-refractivity contribution in [3.8, 4) is 11.5 Å². The molecule has 0 spiro atoms. The highest BCUT2D eigenvalue weighted by molar-refractivity contribution is 5.93. The van der Waals surface area contributed by atoms with E-state index in [1.54, 1.807) is 32.4 Å². The molecule has 6 heteroatoms. The molecule has 4 rings (SSSR count). The number of anilines is 1. The summed E-state index contributed by atoms with van der Waals surface area (Å²) in [6.45, 7) is 7.62. The van der Waals surface area contributed by atoms with E-state index < -0.39 is 11.7 Å². The van der Waals surface area contributed by atoms with Gasteiger partial charge < -0.3 is 14.4 Å². The highest BCUT2D eigenvalue weighted by Crippen LogP contribution is 2.43. The average molecular weight is 512 g/mol. The summed E-state index contributed by atoms with van der Waals surface area (Å²) in [5.41, 5.74) is 6.11. The third-order valence-electron chi connectivity index (χ3n) is 7.38. The Morgan fingerprint density at radius 1 is 0.892 bits per heavy atom. The second-order valence-corrected chi connectivity index (χ2v) is 10.1. The number of alkyl halides is 3. The van der Waals surface area contributed by atoms with Gasteiger partial charge in [-0.05, 0) is 117 Å². The van der Waals surface area contributed by atoms with Crippen LogP contribution in [-0.2, 0) is 6.18 Å². The SMILES string of the molecule is COc1cc(OC)cc(/C(=C/C(=C(C)C)c2cc(N3CCCC3)ccc2C(F)(F)F)C2=C(C)CCC2)c1. The molecular formula is C31H36F3NO2. The summed E-state index contributed by atoms with van der Waals surface area (Å²) in [6, 6.07) is 10.3. The van der Waals surface area contributed by atoms with E-state index in [2.05, 4.69) is 11.8 Å². The van der Waals surface area contributed by atoms with Crippen LogP contribution in [0.2, 0.25) is 0 Å². The largest absolute Gasteiger partial charge is 0.497 e. The van der Waals surface area contributed by atoms with Gasteiger partial charge in [0.05, 0.1) is 19.8 Å². The fourth-order valence-corrected chi connectivity index (χ4v) is 5.38. The Balaban J connectivity index is 1.96. The summed E-state index contributed by atoms with van der Waals surface area (Å²) in [5, 5.41) is 0. The summed E-state index contributed by atoms with van der Waals surface area (Å²) >= 11 is 0. The molecule has 0 amide bonds. The minimum Gasteiger partial charge on any atom is -0.497 e. The quantitative estimate of drug-likeness (QED) is 0.347. The molecule has 0 aromatic heterocycles. The predicted octanol–water partition coefficient (Wildman–Crippen LogP) is 8.70. The van der Waals surface area contributed by atoms with E-state index in [0.717, 1.165) is 67.6 Å². The lowest BCUT2D eigenvalue weighted by molar-refractivity contribution is -0.137. The Morgan fingerprint density at radius 2 is 1.54 bits per heavy atom. The summed E-state index contributed by atoms with van der Waals surface area (Å²) in [4.78, 5) is 2.17. The lowest BCUT2D eigenvalue weighted by atomic mass is 9.88. The van der Waals surface area contributed by atoms with Crippen LogP contribution in [0.15, 0.2) is 59.2 Å². The van der Waals surface area contributed by atoms with E-state index in [0.29, 0.717) is 17.1 Å². The van der Waals surface area contributed by atoms with Gasteiger partial charge in [-0.15, -0.1) is 0 Å². The standard InChI is InChI=1S/C31H36F3NO2/c1-20(2)27(29-17-23(35-13-6-7-14-35)11-12-30(29)31(32,33)34)19-28(26-10-8-9-21(26)3)22-15-24(36-4)18-25(16-22)37-5/h11-12,15-19H,6-10,13-14H2,1-5H3/b28-19-. The van der Waals surface area contributed by atoms with Gasteiger partial charge in [0, 0.05) is 24.8 Å². The van der Waals surface area contributed by atoms with Gasteiger partial charge in [-0.25, -0.2) is 0 Å². The van der Waals surface area contributed by atoms with Crippen molar-refractivity contribution in [1.82, 2.24) is 0 Å². The van der Waals surface area contributed by atoms with Gasteiger partial charge >= 0.3 is 6.18 Å². The van der Waals surface area contributed by atoms with Crippen molar-refractivity contribution >= 4 is 16.8 Å². The fourth-order valence-electron chi connectivity index (χ4n) is 5.38. The van der Waals surface area contributed by atoms with E-state index in [1.807, 2.05) is 32.1 Å². The molecule has 1 aliphatic heterocycles. The third kappa shape index (κ3) is 5.89. The van der Waals surface area contributed by atoms with Crippen LogP contribution < -0.4 is 14.4 Å². The molecule has 1 heterocycles. The molecular weight excluding hydrogens is 475 g/mol. The molecule has 198 valence electrons. The van der Waals surface area contributed by atoms with Gasteiger partial charge in [-0.2, -0.15) is 13.2 Å². The molecule has 37 heavy (non-hydrogen) atoms. The lowest BCUT2D eigenvalue weighted by Gasteiger charge is -2.23. The molecule has 0 atom stereocenters. The maximum Gasteiger partial charge on any atom is 0.417 e. The van der Waals surface area contributed by atoms with Crippen LogP contribution in [0.25, 0.3) is 11.1 Å². The first kappa shape index (κ1) is 26.9. The van der Waals surface area contributed by atoms with Crippen molar-refractivity contribution in [2.24, 2.45) is 0 Å². The Kier molecular flexibility index (Phi) is 8.05. The summed E-state index contributed by atoms with van der Waals surface area (Å²) in [6.07, 6.45) is 2.49. The number of benzene rings is 2. The zero-order valence-electron chi connectivity index (χ0n) is 22.4. The second kappa shape index (κ2) is 11.1. The van der Waals surface area contributed by atoms with Crippen LogP contribution >= 0.6 is 0 Å².